The Kier molecular flexibility index (Phi) is 3.45. The summed E-state index contributed by atoms with van der Waals surface area (Å²) in [6.07, 6.45) is 0. The molecular formula is C14H11ClO2. The highest BCUT2D eigenvalue weighted by atomic mass is 35.5. The Morgan fingerprint density at radius 3 is 2.41 bits per heavy atom. The summed E-state index contributed by atoms with van der Waals surface area (Å²) >= 11 is 5.68. The summed E-state index contributed by atoms with van der Waals surface area (Å²) in [4.78, 5) is 12.1. The molecular weight excluding hydrogens is 236 g/mol. The predicted molar refractivity (Wildman–Crippen MR) is 67.5 cm³/mol. The third-order valence-corrected chi connectivity index (χ3v) is 2.83. The third-order valence-electron chi connectivity index (χ3n) is 2.54. The number of alkyl halides is 1. The van der Waals surface area contributed by atoms with Crippen LogP contribution in [0.3, 0.4) is 0 Å². The number of carbonyl (C=O) groups is 1. The average Bonchev–Trinajstić information content (AvgIpc) is 2.39. The van der Waals surface area contributed by atoms with Crippen molar-refractivity contribution in [1.82, 2.24) is 0 Å². The lowest BCUT2D eigenvalue weighted by atomic mass is 10.0. The summed E-state index contributed by atoms with van der Waals surface area (Å²) in [6, 6.07) is 13.9. The fourth-order valence-corrected chi connectivity index (χ4v) is 1.84. The maximum absolute atomic E-state index is 12.1. The summed E-state index contributed by atoms with van der Waals surface area (Å²) in [5, 5.41) is 9.92. The van der Waals surface area contributed by atoms with E-state index in [-0.39, 0.29) is 23.0 Å². The minimum Gasteiger partial charge on any atom is -0.507 e. The zero-order valence-electron chi connectivity index (χ0n) is 9.06. The zero-order chi connectivity index (χ0) is 12.3. The summed E-state index contributed by atoms with van der Waals surface area (Å²) in [5.41, 5.74) is 1.40. The van der Waals surface area contributed by atoms with Gasteiger partial charge in [0.2, 0.25) is 0 Å². The Balaban J connectivity index is 2.45. The maximum atomic E-state index is 12.1. The molecule has 0 radical (unpaired) electrons. The quantitative estimate of drug-likeness (QED) is 0.666. The first-order valence-corrected chi connectivity index (χ1v) is 5.74. The molecule has 2 rings (SSSR count). The van der Waals surface area contributed by atoms with Crippen LogP contribution in [0.4, 0.5) is 0 Å². The summed E-state index contributed by atoms with van der Waals surface area (Å²) in [6.45, 7) is 0. The Morgan fingerprint density at radius 2 is 1.76 bits per heavy atom. The SMILES string of the molecule is O=C(c1ccccc1)c1cccc(CCl)c1O. The fourth-order valence-electron chi connectivity index (χ4n) is 1.63. The van der Waals surface area contributed by atoms with E-state index >= 15 is 0 Å². The van der Waals surface area contributed by atoms with Gasteiger partial charge < -0.3 is 5.11 Å². The second-order valence-electron chi connectivity index (χ2n) is 3.64. The van der Waals surface area contributed by atoms with Crippen LogP contribution < -0.4 is 0 Å². The molecule has 0 saturated carbocycles. The molecule has 2 aromatic rings. The second-order valence-corrected chi connectivity index (χ2v) is 3.91. The van der Waals surface area contributed by atoms with Crippen molar-refractivity contribution >= 4 is 17.4 Å². The van der Waals surface area contributed by atoms with Crippen molar-refractivity contribution in [2.75, 3.05) is 0 Å². The number of rotatable bonds is 3. The Hall–Kier alpha value is -1.80. The van der Waals surface area contributed by atoms with Crippen molar-refractivity contribution in [2.24, 2.45) is 0 Å². The number of aromatic hydroxyl groups is 1. The molecule has 0 aliphatic rings. The largest absolute Gasteiger partial charge is 0.507 e. The van der Waals surface area contributed by atoms with E-state index in [1.54, 1.807) is 42.5 Å². The standard InChI is InChI=1S/C14H11ClO2/c15-9-11-7-4-8-12(14(11)17)13(16)10-5-2-1-3-6-10/h1-8,17H,9H2. The van der Waals surface area contributed by atoms with Crippen molar-refractivity contribution in [3.05, 3.63) is 65.2 Å². The first-order valence-electron chi connectivity index (χ1n) is 5.20. The number of hydrogen-bond donors (Lipinski definition) is 1. The third kappa shape index (κ3) is 2.32. The number of hydrogen-bond acceptors (Lipinski definition) is 2. The van der Waals surface area contributed by atoms with Crippen molar-refractivity contribution < 1.29 is 9.90 Å². The molecule has 2 aromatic carbocycles. The number of ketones is 1. The van der Waals surface area contributed by atoms with Crippen LogP contribution in [0.2, 0.25) is 0 Å². The molecule has 0 spiro atoms. The monoisotopic (exact) mass is 246 g/mol. The number of para-hydroxylation sites is 1. The van der Waals surface area contributed by atoms with Crippen LogP contribution in [0.1, 0.15) is 21.5 Å². The molecule has 0 atom stereocenters. The van der Waals surface area contributed by atoms with E-state index in [9.17, 15) is 9.90 Å². The first-order chi connectivity index (χ1) is 8.24. The van der Waals surface area contributed by atoms with Crippen LogP contribution in [-0.2, 0) is 5.88 Å². The molecule has 0 amide bonds. The smallest absolute Gasteiger partial charge is 0.196 e. The maximum Gasteiger partial charge on any atom is 0.196 e. The van der Waals surface area contributed by atoms with Gasteiger partial charge in [-0.25, -0.2) is 0 Å². The van der Waals surface area contributed by atoms with Crippen molar-refractivity contribution in [3.63, 3.8) is 0 Å². The number of halogens is 1. The zero-order valence-corrected chi connectivity index (χ0v) is 9.82. The van der Waals surface area contributed by atoms with Gasteiger partial charge in [0, 0.05) is 11.1 Å². The molecule has 0 heterocycles. The Labute approximate surface area is 104 Å². The van der Waals surface area contributed by atoms with Gasteiger partial charge in [0.25, 0.3) is 0 Å². The van der Waals surface area contributed by atoms with Crippen molar-refractivity contribution in [1.29, 1.82) is 0 Å². The van der Waals surface area contributed by atoms with Gasteiger partial charge in [0.05, 0.1) is 11.4 Å². The lowest BCUT2D eigenvalue weighted by Gasteiger charge is -2.07. The molecule has 2 nitrogen and oxygen atoms in total. The molecule has 0 aliphatic heterocycles. The minimum atomic E-state index is -0.199. The van der Waals surface area contributed by atoms with E-state index in [1.165, 1.54) is 0 Å². The van der Waals surface area contributed by atoms with E-state index < -0.39 is 0 Å². The highest BCUT2D eigenvalue weighted by Crippen LogP contribution is 2.26. The molecule has 17 heavy (non-hydrogen) atoms. The van der Waals surface area contributed by atoms with Gasteiger partial charge in [-0.1, -0.05) is 42.5 Å². The van der Waals surface area contributed by atoms with Crippen molar-refractivity contribution in [2.45, 2.75) is 5.88 Å². The Bertz CT molecular complexity index is 535. The average molecular weight is 247 g/mol. The van der Waals surface area contributed by atoms with E-state index in [2.05, 4.69) is 0 Å². The van der Waals surface area contributed by atoms with Gasteiger partial charge >= 0.3 is 0 Å². The molecule has 0 bridgehead atoms. The lowest BCUT2D eigenvalue weighted by Crippen LogP contribution is -2.02. The van der Waals surface area contributed by atoms with Gasteiger partial charge in [0.15, 0.2) is 5.78 Å². The van der Waals surface area contributed by atoms with Crippen molar-refractivity contribution in [3.8, 4) is 5.75 Å². The predicted octanol–water partition coefficient (Wildman–Crippen LogP) is 3.36. The number of phenolic OH excluding ortho intramolecular Hbond substituents is 1. The van der Waals surface area contributed by atoms with Crippen LogP contribution in [0.25, 0.3) is 0 Å². The molecule has 0 aromatic heterocycles. The van der Waals surface area contributed by atoms with Gasteiger partial charge in [-0.05, 0) is 6.07 Å². The van der Waals surface area contributed by atoms with Crippen LogP contribution >= 0.6 is 11.6 Å². The van der Waals surface area contributed by atoms with Gasteiger partial charge in [-0.15, -0.1) is 11.6 Å². The van der Waals surface area contributed by atoms with E-state index in [4.69, 9.17) is 11.6 Å². The molecule has 0 saturated heterocycles. The molecule has 1 N–H and O–H groups in total. The highest BCUT2D eigenvalue weighted by Gasteiger charge is 2.14. The molecule has 0 fully saturated rings. The minimum absolute atomic E-state index is 0.0312. The topological polar surface area (TPSA) is 37.3 Å². The molecule has 0 unspecified atom stereocenters. The first kappa shape index (κ1) is 11.7. The van der Waals surface area contributed by atoms with Crippen LogP contribution in [0, 0.1) is 0 Å². The molecule has 86 valence electrons. The molecule has 3 heteroatoms. The van der Waals surface area contributed by atoms with Gasteiger partial charge in [-0.2, -0.15) is 0 Å². The second kappa shape index (κ2) is 5.02. The van der Waals surface area contributed by atoms with Gasteiger partial charge in [0.1, 0.15) is 5.75 Å². The number of phenols is 1. The summed E-state index contributed by atoms with van der Waals surface area (Å²) < 4.78 is 0. The van der Waals surface area contributed by atoms with Gasteiger partial charge in [-0.3, -0.25) is 4.79 Å². The lowest BCUT2D eigenvalue weighted by molar-refractivity contribution is 0.103. The summed E-state index contributed by atoms with van der Waals surface area (Å²) in [7, 11) is 0. The fraction of sp³-hybridized carbons (Fsp3) is 0.0714. The number of carbonyl (C=O) groups excluding carboxylic acids is 1. The van der Waals surface area contributed by atoms with Crippen LogP contribution in [0.15, 0.2) is 48.5 Å². The van der Waals surface area contributed by atoms with Crippen LogP contribution in [0.5, 0.6) is 5.75 Å². The summed E-state index contributed by atoms with van der Waals surface area (Å²) in [5.74, 6) is -0.0479. The molecule has 0 aliphatic carbocycles. The Morgan fingerprint density at radius 1 is 1.06 bits per heavy atom. The van der Waals surface area contributed by atoms with E-state index in [0.717, 1.165) is 0 Å². The van der Waals surface area contributed by atoms with E-state index in [1.807, 2.05) is 6.07 Å². The van der Waals surface area contributed by atoms with Crippen LogP contribution in [-0.4, -0.2) is 10.9 Å². The normalized spacial score (nSPS) is 10.2. The number of benzene rings is 2. The highest BCUT2D eigenvalue weighted by molar-refractivity contribution is 6.17. The van der Waals surface area contributed by atoms with E-state index in [0.29, 0.717) is 11.1 Å².